The van der Waals surface area contributed by atoms with Crippen molar-refractivity contribution < 1.29 is 17.6 Å². The number of piperidine rings is 1. The predicted octanol–water partition coefficient (Wildman–Crippen LogP) is 3.76. The van der Waals surface area contributed by atoms with Crippen molar-refractivity contribution in [1.29, 1.82) is 0 Å². The van der Waals surface area contributed by atoms with Gasteiger partial charge in [-0.1, -0.05) is 6.92 Å². The number of sulfonamides is 1. The zero-order chi connectivity index (χ0) is 22.0. The number of rotatable bonds is 6. The number of carbonyl (C=O) groups excluding carboxylic acids is 1. The minimum absolute atomic E-state index is 0.105. The molecule has 2 aromatic carbocycles. The quantitative estimate of drug-likeness (QED) is 0.605. The molecule has 2 heterocycles. The van der Waals surface area contributed by atoms with Crippen LogP contribution in [0.3, 0.4) is 0 Å². The van der Waals surface area contributed by atoms with Gasteiger partial charge in [0.05, 0.1) is 22.7 Å². The minimum Gasteiger partial charge on any atom is -0.338 e. The Morgan fingerprint density at radius 2 is 2.03 bits per heavy atom. The van der Waals surface area contributed by atoms with Gasteiger partial charge in [-0.05, 0) is 61.7 Å². The SMILES string of the molecule is CCCS(=O)(=O)N1CCCC(C(=O)Nc2ccc3nc(-c4ccc(F)cc4)[nH]c3c2)C1. The number of carbonyl (C=O) groups is 1. The Hall–Kier alpha value is -2.78. The fraction of sp³-hybridized carbons (Fsp3) is 0.364. The number of H-pyrrole nitrogens is 1. The number of fused-ring (bicyclic) bond motifs is 1. The standard InChI is InChI=1S/C22H25FN4O3S/c1-2-12-31(29,30)27-11-3-4-16(14-27)22(28)24-18-9-10-19-20(13-18)26-21(25-19)15-5-7-17(23)8-6-15/h5-10,13,16H,2-4,11-12,14H2,1H3,(H,24,28)(H,25,26). The highest BCUT2D eigenvalue weighted by atomic mass is 32.2. The van der Waals surface area contributed by atoms with Crippen LogP contribution in [0.5, 0.6) is 0 Å². The van der Waals surface area contributed by atoms with E-state index >= 15 is 0 Å². The second-order valence-electron chi connectivity index (χ2n) is 7.83. The molecule has 1 unspecified atom stereocenters. The summed E-state index contributed by atoms with van der Waals surface area (Å²) in [5.41, 5.74) is 2.85. The van der Waals surface area contributed by atoms with E-state index in [1.807, 2.05) is 6.92 Å². The first-order chi connectivity index (χ1) is 14.9. The van der Waals surface area contributed by atoms with Gasteiger partial charge in [0.15, 0.2) is 0 Å². The second-order valence-corrected chi connectivity index (χ2v) is 9.92. The number of anilines is 1. The number of halogens is 1. The molecule has 0 radical (unpaired) electrons. The molecule has 164 valence electrons. The molecule has 0 aliphatic carbocycles. The second kappa shape index (κ2) is 8.76. The van der Waals surface area contributed by atoms with Crippen molar-refractivity contribution in [3.8, 4) is 11.4 Å². The van der Waals surface area contributed by atoms with Crippen LogP contribution in [0.15, 0.2) is 42.5 Å². The molecule has 2 N–H and O–H groups in total. The Bertz CT molecular complexity index is 1190. The summed E-state index contributed by atoms with van der Waals surface area (Å²) < 4.78 is 39.3. The van der Waals surface area contributed by atoms with E-state index in [0.717, 1.165) is 16.6 Å². The van der Waals surface area contributed by atoms with E-state index in [2.05, 4.69) is 15.3 Å². The Morgan fingerprint density at radius 3 is 2.77 bits per heavy atom. The third-order valence-electron chi connectivity index (χ3n) is 5.48. The highest BCUT2D eigenvalue weighted by Crippen LogP contribution is 2.25. The van der Waals surface area contributed by atoms with Crippen LogP contribution in [-0.4, -0.2) is 47.4 Å². The van der Waals surface area contributed by atoms with Gasteiger partial charge in [-0.25, -0.2) is 22.1 Å². The van der Waals surface area contributed by atoms with Crippen LogP contribution in [0.2, 0.25) is 0 Å². The first kappa shape index (κ1) is 21.5. The molecule has 1 amide bonds. The van der Waals surface area contributed by atoms with Crippen molar-refractivity contribution in [1.82, 2.24) is 14.3 Å². The molecule has 0 bridgehead atoms. The monoisotopic (exact) mass is 444 g/mol. The van der Waals surface area contributed by atoms with Crippen LogP contribution >= 0.6 is 0 Å². The third kappa shape index (κ3) is 4.77. The molecule has 1 fully saturated rings. The van der Waals surface area contributed by atoms with Crippen molar-refractivity contribution in [3.05, 3.63) is 48.3 Å². The molecule has 0 spiro atoms. The molecule has 4 rings (SSSR count). The van der Waals surface area contributed by atoms with E-state index in [-0.39, 0.29) is 29.9 Å². The van der Waals surface area contributed by atoms with E-state index < -0.39 is 10.0 Å². The van der Waals surface area contributed by atoms with E-state index in [1.54, 1.807) is 30.3 Å². The zero-order valence-electron chi connectivity index (χ0n) is 17.3. The van der Waals surface area contributed by atoms with Crippen molar-refractivity contribution in [2.75, 3.05) is 24.2 Å². The van der Waals surface area contributed by atoms with Crippen LogP contribution in [0.1, 0.15) is 26.2 Å². The molecule has 0 saturated carbocycles. The summed E-state index contributed by atoms with van der Waals surface area (Å²) in [7, 11) is -3.31. The minimum atomic E-state index is -3.31. The number of aromatic amines is 1. The van der Waals surface area contributed by atoms with Crippen molar-refractivity contribution >= 4 is 32.7 Å². The van der Waals surface area contributed by atoms with Gasteiger partial charge >= 0.3 is 0 Å². The Labute approximate surface area is 180 Å². The van der Waals surface area contributed by atoms with Gasteiger partial charge in [0.1, 0.15) is 11.6 Å². The fourth-order valence-corrected chi connectivity index (χ4v) is 5.46. The van der Waals surface area contributed by atoms with Gasteiger partial charge in [0, 0.05) is 24.3 Å². The molecule has 1 atom stereocenters. The summed E-state index contributed by atoms with van der Waals surface area (Å²) >= 11 is 0. The molecular weight excluding hydrogens is 419 g/mol. The predicted molar refractivity (Wildman–Crippen MR) is 118 cm³/mol. The first-order valence-corrected chi connectivity index (χ1v) is 12.0. The summed E-state index contributed by atoms with van der Waals surface area (Å²) in [6, 6.07) is 11.4. The smallest absolute Gasteiger partial charge is 0.228 e. The summed E-state index contributed by atoms with van der Waals surface area (Å²) in [5, 5.41) is 2.91. The third-order valence-corrected chi connectivity index (χ3v) is 7.52. The lowest BCUT2D eigenvalue weighted by Crippen LogP contribution is -2.44. The number of hydrogen-bond donors (Lipinski definition) is 2. The number of hydrogen-bond acceptors (Lipinski definition) is 4. The highest BCUT2D eigenvalue weighted by molar-refractivity contribution is 7.89. The molecule has 31 heavy (non-hydrogen) atoms. The fourth-order valence-electron chi connectivity index (χ4n) is 3.87. The number of imidazole rings is 1. The molecule has 1 aromatic heterocycles. The lowest BCUT2D eigenvalue weighted by atomic mass is 9.98. The van der Waals surface area contributed by atoms with Crippen molar-refractivity contribution in [2.24, 2.45) is 5.92 Å². The van der Waals surface area contributed by atoms with Gasteiger partial charge in [0.25, 0.3) is 0 Å². The van der Waals surface area contributed by atoms with E-state index in [9.17, 15) is 17.6 Å². The zero-order valence-corrected chi connectivity index (χ0v) is 18.1. The molecule has 3 aromatic rings. The molecule has 1 saturated heterocycles. The van der Waals surface area contributed by atoms with Crippen molar-refractivity contribution in [3.63, 3.8) is 0 Å². The normalized spacial score (nSPS) is 17.7. The maximum atomic E-state index is 13.2. The summed E-state index contributed by atoms with van der Waals surface area (Å²) in [5.74, 6) is -0.161. The number of nitrogens with one attached hydrogen (secondary N) is 2. The van der Waals surface area contributed by atoms with Crippen LogP contribution in [-0.2, 0) is 14.8 Å². The van der Waals surface area contributed by atoms with Gasteiger partial charge in [-0.2, -0.15) is 0 Å². The van der Waals surface area contributed by atoms with Crippen LogP contribution in [0.4, 0.5) is 10.1 Å². The summed E-state index contributed by atoms with van der Waals surface area (Å²) in [6.45, 7) is 2.52. The average molecular weight is 445 g/mol. The summed E-state index contributed by atoms with van der Waals surface area (Å²) in [4.78, 5) is 20.5. The maximum absolute atomic E-state index is 13.2. The van der Waals surface area contributed by atoms with Gasteiger partial charge in [-0.3, -0.25) is 4.79 Å². The van der Waals surface area contributed by atoms with Gasteiger partial charge in [-0.15, -0.1) is 0 Å². The first-order valence-electron chi connectivity index (χ1n) is 10.4. The van der Waals surface area contributed by atoms with Gasteiger partial charge < -0.3 is 10.3 Å². The average Bonchev–Trinajstić information content (AvgIpc) is 3.17. The number of amides is 1. The number of benzene rings is 2. The summed E-state index contributed by atoms with van der Waals surface area (Å²) in [6.07, 6.45) is 1.88. The van der Waals surface area contributed by atoms with Crippen LogP contribution in [0, 0.1) is 11.7 Å². The molecule has 1 aliphatic heterocycles. The molecule has 7 nitrogen and oxygen atoms in total. The van der Waals surface area contributed by atoms with E-state index in [0.29, 0.717) is 37.3 Å². The van der Waals surface area contributed by atoms with E-state index in [1.165, 1.54) is 16.4 Å². The highest BCUT2D eigenvalue weighted by Gasteiger charge is 2.31. The van der Waals surface area contributed by atoms with Crippen LogP contribution in [0.25, 0.3) is 22.4 Å². The molecule has 9 heteroatoms. The topological polar surface area (TPSA) is 95.2 Å². The number of nitrogens with zero attached hydrogens (tertiary/aromatic N) is 2. The Balaban J connectivity index is 1.48. The lowest BCUT2D eigenvalue weighted by Gasteiger charge is -2.31. The van der Waals surface area contributed by atoms with E-state index in [4.69, 9.17) is 0 Å². The van der Waals surface area contributed by atoms with Crippen molar-refractivity contribution in [2.45, 2.75) is 26.2 Å². The Morgan fingerprint density at radius 1 is 1.26 bits per heavy atom. The number of aromatic nitrogens is 2. The maximum Gasteiger partial charge on any atom is 0.228 e. The molecular formula is C22H25FN4O3S. The molecule has 1 aliphatic rings. The largest absolute Gasteiger partial charge is 0.338 e. The van der Waals surface area contributed by atoms with Gasteiger partial charge in [0.2, 0.25) is 15.9 Å². The Kier molecular flexibility index (Phi) is 6.06. The van der Waals surface area contributed by atoms with Crippen LogP contribution < -0.4 is 5.32 Å². The lowest BCUT2D eigenvalue weighted by molar-refractivity contribution is -0.120.